The zero-order valence-corrected chi connectivity index (χ0v) is 14.4. The number of rotatable bonds is 3. The van der Waals surface area contributed by atoms with E-state index in [1.807, 2.05) is 32.0 Å². The molecule has 4 rings (SSSR count). The van der Waals surface area contributed by atoms with Crippen molar-refractivity contribution in [3.05, 3.63) is 64.6 Å². The van der Waals surface area contributed by atoms with Crippen LogP contribution in [0.3, 0.4) is 0 Å². The van der Waals surface area contributed by atoms with E-state index in [0.717, 1.165) is 32.5 Å². The van der Waals surface area contributed by atoms with Gasteiger partial charge in [0.2, 0.25) is 0 Å². The second kappa shape index (κ2) is 6.06. The number of pyridine rings is 1. The lowest BCUT2D eigenvalue weighted by molar-refractivity contribution is 0.775. The van der Waals surface area contributed by atoms with Gasteiger partial charge in [-0.15, -0.1) is 11.3 Å². The molecule has 0 saturated heterocycles. The van der Waals surface area contributed by atoms with Crippen molar-refractivity contribution in [2.24, 2.45) is 0 Å². The second-order valence-corrected chi connectivity index (χ2v) is 6.53. The highest BCUT2D eigenvalue weighted by Crippen LogP contribution is 2.33. The van der Waals surface area contributed by atoms with E-state index in [-0.39, 0.29) is 5.56 Å². The van der Waals surface area contributed by atoms with Gasteiger partial charge in [-0.2, -0.15) is 4.68 Å². The fraction of sp³-hybridized carbons (Fsp3) is 0.118. The van der Waals surface area contributed by atoms with Crippen LogP contribution in [0.15, 0.2) is 47.7 Å². The van der Waals surface area contributed by atoms with Crippen molar-refractivity contribution in [2.75, 3.05) is 0 Å². The number of H-pyrrole nitrogens is 1. The van der Waals surface area contributed by atoms with Crippen molar-refractivity contribution in [3.63, 3.8) is 0 Å². The number of aryl methyl sites for hydroxylation is 2. The lowest BCUT2D eigenvalue weighted by atomic mass is 10.3. The van der Waals surface area contributed by atoms with E-state index in [4.69, 9.17) is 0 Å². The van der Waals surface area contributed by atoms with E-state index >= 15 is 0 Å². The number of aromatic nitrogens is 6. The molecular formula is C17H14N6OS. The standard InChI is InChI=1S/C17H14N6OS/c1-10-8-14(24)23(22-10)17-19-7-5-13(21-17)15-11(2)20-16(25-15)12-4-3-6-18-9-12/h3-9,22H,1-2H3. The molecule has 8 heteroatoms. The first kappa shape index (κ1) is 15.4. The van der Waals surface area contributed by atoms with Crippen LogP contribution in [0.4, 0.5) is 0 Å². The number of thiazole rings is 1. The molecular weight excluding hydrogens is 336 g/mol. The molecule has 4 heterocycles. The first-order valence-corrected chi connectivity index (χ1v) is 8.44. The molecule has 4 aromatic heterocycles. The molecule has 0 spiro atoms. The molecule has 0 atom stereocenters. The first-order chi connectivity index (χ1) is 12.1. The summed E-state index contributed by atoms with van der Waals surface area (Å²) in [6.07, 6.45) is 5.16. The first-order valence-electron chi connectivity index (χ1n) is 7.62. The summed E-state index contributed by atoms with van der Waals surface area (Å²) in [7, 11) is 0. The van der Waals surface area contributed by atoms with E-state index in [0.29, 0.717) is 5.95 Å². The van der Waals surface area contributed by atoms with Gasteiger partial charge in [0.25, 0.3) is 11.5 Å². The highest BCUT2D eigenvalue weighted by molar-refractivity contribution is 7.18. The quantitative estimate of drug-likeness (QED) is 0.614. The fourth-order valence-electron chi connectivity index (χ4n) is 2.49. The Morgan fingerprint density at radius 1 is 1.16 bits per heavy atom. The lowest BCUT2D eigenvalue weighted by Crippen LogP contribution is -2.16. The lowest BCUT2D eigenvalue weighted by Gasteiger charge is -2.02. The topological polar surface area (TPSA) is 89.3 Å². The zero-order valence-electron chi connectivity index (χ0n) is 13.6. The molecule has 0 aromatic carbocycles. The molecule has 1 N–H and O–H groups in total. The van der Waals surface area contributed by atoms with Crippen molar-refractivity contribution < 1.29 is 0 Å². The number of aromatic amines is 1. The van der Waals surface area contributed by atoms with Crippen LogP contribution in [-0.4, -0.2) is 29.7 Å². The van der Waals surface area contributed by atoms with Gasteiger partial charge in [0.1, 0.15) is 5.01 Å². The predicted molar refractivity (Wildman–Crippen MR) is 95.8 cm³/mol. The van der Waals surface area contributed by atoms with Crippen LogP contribution in [0.1, 0.15) is 11.4 Å². The average molecular weight is 350 g/mol. The molecule has 0 unspecified atom stereocenters. The van der Waals surface area contributed by atoms with Crippen molar-refractivity contribution in [1.29, 1.82) is 0 Å². The predicted octanol–water partition coefficient (Wildman–Crippen LogP) is 2.76. The maximum absolute atomic E-state index is 12.0. The van der Waals surface area contributed by atoms with Crippen LogP contribution in [0.2, 0.25) is 0 Å². The molecule has 4 aromatic rings. The smallest absolute Gasteiger partial charge is 0.274 e. The molecule has 0 aliphatic heterocycles. The van der Waals surface area contributed by atoms with Gasteiger partial charge in [0.15, 0.2) is 0 Å². The number of nitrogens with zero attached hydrogens (tertiary/aromatic N) is 5. The summed E-state index contributed by atoms with van der Waals surface area (Å²) < 4.78 is 1.33. The maximum Gasteiger partial charge on any atom is 0.274 e. The van der Waals surface area contributed by atoms with Gasteiger partial charge in [-0.1, -0.05) is 0 Å². The largest absolute Gasteiger partial charge is 0.293 e. The summed E-state index contributed by atoms with van der Waals surface area (Å²) in [6, 6.07) is 7.18. The van der Waals surface area contributed by atoms with Crippen LogP contribution in [-0.2, 0) is 0 Å². The third-order valence-electron chi connectivity index (χ3n) is 3.63. The van der Waals surface area contributed by atoms with Gasteiger partial charge in [0.05, 0.1) is 16.3 Å². The summed E-state index contributed by atoms with van der Waals surface area (Å²) in [5, 5.41) is 3.83. The highest BCUT2D eigenvalue weighted by Gasteiger charge is 2.14. The Balaban J connectivity index is 1.79. The fourth-order valence-corrected chi connectivity index (χ4v) is 3.52. The minimum atomic E-state index is -0.188. The van der Waals surface area contributed by atoms with E-state index < -0.39 is 0 Å². The van der Waals surface area contributed by atoms with Crippen LogP contribution in [0.5, 0.6) is 0 Å². The van der Waals surface area contributed by atoms with Crippen molar-refractivity contribution in [2.45, 2.75) is 13.8 Å². The van der Waals surface area contributed by atoms with Gasteiger partial charge in [-0.25, -0.2) is 15.0 Å². The number of hydrogen-bond donors (Lipinski definition) is 1. The Morgan fingerprint density at radius 3 is 2.76 bits per heavy atom. The molecule has 124 valence electrons. The van der Waals surface area contributed by atoms with Crippen LogP contribution in [0.25, 0.3) is 27.1 Å². The zero-order chi connectivity index (χ0) is 17.4. The van der Waals surface area contributed by atoms with E-state index in [9.17, 15) is 4.79 Å². The Labute approximate surface area is 147 Å². The molecule has 0 amide bonds. The summed E-state index contributed by atoms with van der Waals surface area (Å²) in [6.45, 7) is 3.76. The monoisotopic (exact) mass is 350 g/mol. The van der Waals surface area contributed by atoms with Gasteiger partial charge in [-0.05, 0) is 32.0 Å². The second-order valence-electron chi connectivity index (χ2n) is 5.53. The van der Waals surface area contributed by atoms with E-state index in [1.165, 1.54) is 10.7 Å². The Bertz CT molecular complexity index is 1100. The van der Waals surface area contributed by atoms with Gasteiger partial charge < -0.3 is 0 Å². The summed E-state index contributed by atoms with van der Waals surface area (Å²) in [4.78, 5) is 30.4. The highest BCUT2D eigenvalue weighted by atomic mass is 32.1. The molecule has 0 saturated carbocycles. The normalized spacial score (nSPS) is 11.0. The van der Waals surface area contributed by atoms with Crippen molar-refractivity contribution in [3.8, 4) is 27.1 Å². The van der Waals surface area contributed by atoms with Gasteiger partial charge >= 0.3 is 0 Å². The van der Waals surface area contributed by atoms with Crippen molar-refractivity contribution >= 4 is 11.3 Å². The molecule has 0 fully saturated rings. The van der Waals surface area contributed by atoms with E-state index in [1.54, 1.807) is 29.9 Å². The van der Waals surface area contributed by atoms with Gasteiger partial charge in [-0.3, -0.25) is 14.9 Å². The SMILES string of the molecule is Cc1cc(=O)n(-c2nccc(-c3sc(-c4cccnc4)nc3C)n2)[nH]1. The third kappa shape index (κ3) is 2.87. The molecule has 25 heavy (non-hydrogen) atoms. The molecule has 0 aliphatic carbocycles. The molecule has 0 aliphatic rings. The third-order valence-corrected chi connectivity index (χ3v) is 4.86. The minimum absolute atomic E-state index is 0.188. The Morgan fingerprint density at radius 2 is 2.04 bits per heavy atom. The summed E-state index contributed by atoms with van der Waals surface area (Å²) in [5.41, 5.74) is 3.14. The summed E-state index contributed by atoms with van der Waals surface area (Å²) >= 11 is 1.54. The van der Waals surface area contributed by atoms with E-state index in [2.05, 4.69) is 25.0 Å². The van der Waals surface area contributed by atoms with Crippen LogP contribution >= 0.6 is 11.3 Å². The number of hydrogen-bond acceptors (Lipinski definition) is 6. The Hall–Kier alpha value is -3.13. The molecule has 7 nitrogen and oxygen atoms in total. The maximum atomic E-state index is 12.0. The van der Waals surface area contributed by atoms with Crippen molar-refractivity contribution in [1.82, 2.24) is 29.7 Å². The van der Waals surface area contributed by atoms with Crippen LogP contribution in [0, 0.1) is 13.8 Å². The summed E-state index contributed by atoms with van der Waals surface area (Å²) in [5.74, 6) is 0.311. The number of nitrogens with one attached hydrogen (secondary N) is 1. The Kier molecular flexibility index (Phi) is 3.73. The van der Waals surface area contributed by atoms with Crippen LogP contribution < -0.4 is 5.56 Å². The van der Waals surface area contributed by atoms with Gasteiger partial charge in [0, 0.05) is 35.9 Å². The molecule has 0 bridgehead atoms. The minimum Gasteiger partial charge on any atom is -0.293 e. The molecule has 0 radical (unpaired) electrons. The average Bonchev–Trinajstić information content (AvgIpc) is 3.18.